The number of hydrogen-bond acceptors (Lipinski definition) is 4. The molecule has 2 rings (SSSR count). The van der Waals surface area contributed by atoms with Gasteiger partial charge in [0.15, 0.2) is 0 Å². The Kier molecular flexibility index (Phi) is 2.82. The topological polar surface area (TPSA) is 51.8 Å². The zero-order chi connectivity index (χ0) is 10.7. The molecule has 0 fully saturated rings. The van der Waals surface area contributed by atoms with E-state index >= 15 is 0 Å². The van der Waals surface area contributed by atoms with Gasteiger partial charge in [0.25, 0.3) is 0 Å². The van der Waals surface area contributed by atoms with Crippen molar-refractivity contribution in [3.8, 4) is 0 Å². The van der Waals surface area contributed by atoms with Gasteiger partial charge < -0.3 is 5.73 Å². The summed E-state index contributed by atoms with van der Waals surface area (Å²) in [7, 11) is 0. The molecule has 0 aliphatic rings. The van der Waals surface area contributed by atoms with Gasteiger partial charge in [0, 0.05) is 4.90 Å². The molecule has 0 spiro atoms. The van der Waals surface area contributed by atoms with E-state index in [4.69, 9.17) is 5.73 Å². The van der Waals surface area contributed by atoms with Crippen LogP contribution in [0.25, 0.3) is 0 Å². The van der Waals surface area contributed by atoms with E-state index in [2.05, 4.69) is 10.2 Å². The Morgan fingerprint density at radius 3 is 2.53 bits per heavy atom. The Morgan fingerprint density at radius 1 is 1.07 bits per heavy atom. The predicted octanol–water partition coefficient (Wildman–Crippen LogP) is 2.35. The number of rotatable bonds is 2. The minimum absolute atomic E-state index is 0.263. The molecule has 1 aromatic heterocycles. The van der Waals surface area contributed by atoms with Gasteiger partial charge in [-0.3, -0.25) is 0 Å². The van der Waals surface area contributed by atoms with Crippen LogP contribution in [0.3, 0.4) is 0 Å². The molecule has 0 aliphatic heterocycles. The normalized spacial score (nSPS) is 10.2. The molecule has 0 atom stereocenters. The lowest BCUT2D eigenvalue weighted by atomic mass is 10.3. The van der Waals surface area contributed by atoms with Crippen LogP contribution in [-0.2, 0) is 0 Å². The molecule has 3 nitrogen and oxygen atoms in total. The van der Waals surface area contributed by atoms with E-state index in [1.54, 1.807) is 30.3 Å². The van der Waals surface area contributed by atoms with Crippen LogP contribution >= 0.6 is 11.8 Å². The summed E-state index contributed by atoms with van der Waals surface area (Å²) in [5.41, 5.74) is 5.39. The van der Waals surface area contributed by atoms with Crippen molar-refractivity contribution in [3.05, 3.63) is 42.2 Å². The van der Waals surface area contributed by atoms with E-state index in [0.717, 1.165) is 0 Å². The van der Waals surface area contributed by atoms with Crippen LogP contribution in [0.4, 0.5) is 10.2 Å². The number of benzene rings is 1. The molecule has 0 saturated heterocycles. The van der Waals surface area contributed by atoms with Gasteiger partial charge in [-0.05, 0) is 24.3 Å². The molecule has 2 aromatic rings. The fraction of sp³-hybridized carbons (Fsp3) is 0. The lowest BCUT2D eigenvalue weighted by molar-refractivity contribution is 0.602. The van der Waals surface area contributed by atoms with Crippen molar-refractivity contribution in [2.24, 2.45) is 0 Å². The third-order valence-corrected chi connectivity index (χ3v) is 2.69. The van der Waals surface area contributed by atoms with Crippen LogP contribution in [0.1, 0.15) is 0 Å². The highest BCUT2D eigenvalue weighted by atomic mass is 32.2. The molecule has 0 bridgehead atoms. The maximum atomic E-state index is 13.3. The average molecular weight is 221 g/mol. The molecule has 0 unspecified atom stereocenters. The second-order valence-electron chi connectivity index (χ2n) is 2.83. The van der Waals surface area contributed by atoms with Gasteiger partial charge in [0.2, 0.25) is 0 Å². The number of aromatic nitrogens is 2. The van der Waals surface area contributed by atoms with E-state index in [1.807, 2.05) is 0 Å². The summed E-state index contributed by atoms with van der Waals surface area (Å²) >= 11 is 1.22. The second kappa shape index (κ2) is 4.27. The third kappa shape index (κ3) is 2.44. The summed E-state index contributed by atoms with van der Waals surface area (Å²) in [4.78, 5) is 0.525. The molecule has 5 heteroatoms. The Bertz CT molecular complexity index is 458. The molecule has 2 N–H and O–H groups in total. The third-order valence-electron chi connectivity index (χ3n) is 1.71. The molecule has 0 amide bonds. The van der Waals surface area contributed by atoms with E-state index in [1.165, 1.54) is 17.8 Å². The smallest absolute Gasteiger partial charge is 0.146 e. The van der Waals surface area contributed by atoms with Crippen molar-refractivity contribution in [3.63, 3.8) is 0 Å². The van der Waals surface area contributed by atoms with E-state index in [-0.39, 0.29) is 5.82 Å². The molecule has 0 aliphatic carbocycles. The first kappa shape index (κ1) is 9.92. The van der Waals surface area contributed by atoms with E-state index in [0.29, 0.717) is 15.7 Å². The summed E-state index contributed by atoms with van der Waals surface area (Å²) in [6, 6.07) is 9.87. The van der Waals surface area contributed by atoms with Gasteiger partial charge in [0.1, 0.15) is 16.7 Å². The van der Waals surface area contributed by atoms with E-state index in [9.17, 15) is 4.39 Å². The number of nitrogens with two attached hydrogens (primary N) is 1. The summed E-state index contributed by atoms with van der Waals surface area (Å²) < 4.78 is 13.3. The molecular weight excluding hydrogens is 213 g/mol. The van der Waals surface area contributed by atoms with Crippen LogP contribution in [-0.4, -0.2) is 10.2 Å². The average Bonchev–Trinajstić information content (AvgIpc) is 2.25. The first-order valence-electron chi connectivity index (χ1n) is 4.27. The maximum absolute atomic E-state index is 13.3. The van der Waals surface area contributed by atoms with Crippen molar-refractivity contribution >= 4 is 17.6 Å². The van der Waals surface area contributed by atoms with Gasteiger partial charge >= 0.3 is 0 Å². The fourth-order valence-corrected chi connectivity index (χ4v) is 1.78. The predicted molar refractivity (Wildman–Crippen MR) is 57.0 cm³/mol. The van der Waals surface area contributed by atoms with Gasteiger partial charge in [-0.1, -0.05) is 23.9 Å². The molecule has 0 saturated carbocycles. The SMILES string of the molecule is Nc1ccc(Sc2ccccc2F)nn1. The number of anilines is 1. The maximum Gasteiger partial charge on any atom is 0.146 e. The quantitative estimate of drug-likeness (QED) is 0.845. The summed E-state index contributed by atoms with van der Waals surface area (Å²) in [6.45, 7) is 0. The van der Waals surface area contributed by atoms with Gasteiger partial charge in [-0.2, -0.15) is 0 Å². The summed E-state index contributed by atoms with van der Waals surface area (Å²) in [5, 5.41) is 8.15. The molecule has 1 aromatic carbocycles. The van der Waals surface area contributed by atoms with Crippen LogP contribution in [0.15, 0.2) is 46.3 Å². The number of nitrogens with zero attached hydrogens (tertiary/aromatic N) is 2. The standard InChI is InChI=1S/C10H8FN3S/c11-7-3-1-2-4-8(7)15-10-6-5-9(12)13-14-10/h1-6H,(H2,12,13). The van der Waals surface area contributed by atoms with Crippen molar-refractivity contribution < 1.29 is 4.39 Å². The summed E-state index contributed by atoms with van der Waals surface area (Å²) in [6.07, 6.45) is 0. The van der Waals surface area contributed by atoms with Crippen LogP contribution in [0.5, 0.6) is 0 Å². The van der Waals surface area contributed by atoms with Crippen molar-refractivity contribution in [2.75, 3.05) is 5.73 Å². The van der Waals surface area contributed by atoms with Crippen LogP contribution in [0.2, 0.25) is 0 Å². The Balaban J connectivity index is 2.22. The first-order chi connectivity index (χ1) is 7.25. The Labute approximate surface area is 90.5 Å². The minimum Gasteiger partial charge on any atom is -0.382 e. The minimum atomic E-state index is -0.263. The lowest BCUT2D eigenvalue weighted by Gasteiger charge is -2.00. The zero-order valence-corrected chi connectivity index (χ0v) is 8.54. The molecule has 1 heterocycles. The molecular formula is C10H8FN3S. The van der Waals surface area contributed by atoms with Crippen LogP contribution in [0, 0.1) is 5.82 Å². The summed E-state index contributed by atoms with van der Waals surface area (Å²) in [5.74, 6) is 0.0917. The van der Waals surface area contributed by atoms with Gasteiger partial charge in [-0.25, -0.2) is 4.39 Å². The number of halogens is 1. The van der Waals surface area contributed by atoms with Crippen LogP contribution < -0.4 is 5.73 Å². The van der Waals surface area contributed by atoms with Gasteiger partial charge in [-0.15, -0.1) is 10.2 Å². The van der Waals surface area contributed by atoms with Crippen molar-refractivity contribution in [2.45, 2.75) is 9.92 Å². The highest BCUT2D eigenvalue weighted by Crippen LogP contribution is 2.27. The highest BCUT2D eigenvalue weighted by Gasteiger charge is 2.04. The number of nitrogen functional groups attached to an aromatic ring is 1. The van der Waals surface area contributed by atoms with E-state index < -0.39 is 0 Å². The fourth-order valence-electron chi connectivity index (χ4n) is 1.02. The number of hydrogen-bond donors (Lipinski definition) is 1. The highest BCUT2D eigenvalue weighted by molar-refractivity contribution is 7.99. The molecule has 76 valence electrons. The second-order valence-corrected chi connectivity index (χ2v) is 3.89. The monoisotopic (exact) mass is 221 g/mol. The first-order valence-corrected chi connectivity index (χ1v) is 5.09. The molecule has 0 radical (unpaired) electrons. The molecule has 15 heavy (non-hydrogen) atoms. The Morgan fingerprint density at radius 2 is 1.87 bits per heavy atom. The lowest BCUT2D eigenvalue weighted by Crippen LogP contribution is -1.92. The van der Waals surface area contributed by atoms with Gasteiger partial charge in [0.05, 0.1) is 0 Å². The zero-order valence-electron chi connectivity index (χ0n) is 7.72. The van der Waals surface area contributed by atoms with Crippen molar-refractivity contribution in [1.82, 2.24) is 10.2 Å². The van der Waals surface area contributed by atoms with Crippen molar-refractivity contribution in [1.29, 1.82) is 0 Å². The largest absolute Gasteiger partial charge is 0.382 e. The Hall–Kier alpha value is -1.62.